The molecule has 2 amide bonds. The van der Waals surface area contributed by atoms with E-state index < -0.39 is 0 Å². The molecule has 0 spiro atoms. The molecule has 4 aliphatic rings. The van der Waals surface area contributed by atoms with E-state index in [1.165, 1.54) is 0 Å². The largest absolute Gasteiger partial charge is 0.356 e. The number of amides is 2. The summed E-state index contributed by atoms with van der Waals surface area (Å²) in [6, 6.07) is 7.82. The number of hydrazone groups is 1. The van der Waals surface area contributed by atoms with Crippen molar-refractivity contribution in [3.05, 3.63) is 34.9 Å². The summed E-state index contributed by atoms with van der Waals surface area (Å²) < 4.78 is 0. The Labute approximate surface area is 225 Å². The first kappa shape index (κ1) is 26.3. The molecule has 0 radical (unpaired) electrons. The van der Waals surface area contributed by atoms with Crippen LogP contribution in [0.4, 0.5) is 0 Å². The summed E-state index contributed by atoms with van der Waals surface area (Å²) in [7, 11) is 2.16. The van der Waals surface area contributed by atoms with Crippen molar-refractivity contribution >= 4 is 29.3 Å². The fraction of sp³-hybridized carbons (Fsp3) is 0.667. The van der Waals surface area contributed by atoms with Crippen molar-refractivity contribution in [1.82, 2.24) is 30.3 Å². The lowest BCUT2D eigenvalue weighted by Crippen LogP contribution is -2.67. The minimum absolute atomic E-state index is 0.0408. The zero-order valence-corrected chi connectivity index (χ0v) is 22.6. The molecule has 3 atom stereocenters. The number of carbonyl (C=O) groups excluding carboxylic acids is 2. The Bertz CT molecular complexity index is 997. The number of carbonyl (C=O) groups is 2. The maximum atomic E-state index is 13.6. The SMILES string of the molecule is CN1CCN(CCCNC(=O)CCC2=NNC3N(Cc4ccccc4Cl)C(=O)C4CCCCC4N23)CC1. The highest BCUT2D eigenvalue weighted by molar-refractivity contribution is 6.31. The average molecular weight is 530 g/mol. The number of fused-ring (bicyclic) bond motifs is 3. The van der Waals surface area contributed by atoms with E-state index in [2.05, 4.69) is 37.6 Å². The Morgan fingerprint density at radius 3 is 2.76 bits per heavy atom. The Morgan fingerprint density at radius 1 is 1.16 bits per heavy atom. The lowest BCUT2D eigenvalue weighted by molar-refractivity contribution is -0.156. The number of hydrogen-bond donors (Lipinski definition) is 2. The van der Waals surface area contributed by atoms with Crippen LogP contribution in [0.15, 0.2) is 29.4 Å². The number of benzene rings is 1. The van der Waals surface area contributed by atoms with Crippen molar-refractivity contribution in [2.24, 2.45) is 11.0 Å². The third-order valence-corrected chi connectivity index (χ3v) is 8.66. The zero-order chi connectivity index (χ0) is 25.8. The highest BCUT2D eigenvalue weighted by Crippen LogP contribution is 2.38. The molecule has 2 saturated heterocycles. The van der Waals surface area contributed by atoms with Gasteiger partial charge in [0, 0.05) is 56.6 Å². The molecule has 10 heteroatoms. The first-order valence-electron chi connectivity index (χ1n) is 13.8. The van der Waals surface area contributed by atoms with Gasteiger partial charge in [0.2, 0.25) is 11.8 Å². The zero-order valence-electron chi connectivity index (χ0n) is 21.9. The lowest BCUT2D eigenvalue weighted by Gasteiger charge is -2.50. The highest BCUT2D eigenvalue weighted by atomic mass is 35.5. The maximum Gasteiger partial charge on any atom is 0.231 e. The second-order valence-electron chi connectivity index (χ2n) is 10.8. The van der Waals surface area contributed by atoms with Gasteiger partial charge in [-0.25, -0.2) is 0 Å². The van der Waals surface area contributed by atoms with E-state index in [1.807, 2.05) is 29.2 Å². The van der Waals surface area contributed by atoms with E-state index in [9.17, 15) is 9.59 Å². The number of likely N-dealkylation sites (N-methyl/N-ethyl adjacent to an activating group) is 1. The number of piperazine rings is 1. The molecule has 0 aromatic heterocycles. The number of rotatable bonds is 9. The molecular formula is C27H40ClN7O2. The van der Waals surface area contributed by atoms with Crippen LogP contribution in [0.2, 0.25) is 5.02 Å². The first-order valence-corrected chi connectivity index (χ1v) is 14.2. The van der Waals surface area contributed by atoms with Crippen LogP contribution in [-0.2, 0) is 16.1 Å². The molecule has 2 N–H and O–H groups in total. The summed E-state index contributed by atoms with van der Waals surface area (Å²) in [6.07, 6.45) is 5.66. The lowest BCUT2D eigenvalue weighted by atomic mass is 9.80. The Balaban J connectivity index is 1.15. The van der Waals surface area contributed by atoms with Crippen LogP contribution in [0, 0.1) is 5.92 Å². The van der Waals surface area contributed by atoms with Crippen LogP contribution in [0.1, 0.15) is 50.5 Å². The molecular weight excluding hydrogens is 490 g/mol. The third kappa shape index (κ3) is 6.04. The third-order valence-electron chi connectivity index (χ3n) is 8.30. The smallest absolute Gasteiger partial charge is 0.231 e. The van der Waals surface area contributed by atoms with Gasteiger partial charge in [0.25, 0.3) is 0 Å². The van der Waals surface area contributed by atoms with Crippen LogP contribution in [0.5, 0.6) is 0 Å². The summed E-state index contributed by atoms with van der Waals surface area (Å²) in [5.74, 6) is 1.07. The molecule has 9 nitrogen and oxygen atoms in total. The summed E-state index contributed by atoms with van der Waals surface area (Å²) in [5, 5.41) is 8.38. The normalized spacial score (nSPS) is 26.4. The molecule has 1 aromatic rings. The molecule has 202 valence electrons. The summed E-state index contributed by atoms with van der Waals surface area (Å²) in [5.41, 5.74) is 4.14. The highest BCUT2D eigenvalue weighted by Gasteiger charge is 2.50. The van der Waals surface area contributed by atoms with E-state index in [0.717, 1.165) is 76.2 Å². The summed E-state index contributed by atoms with van der Waals surface area (Å²) in [4.78, 5) is 35.2. The van der Waals surface area contributed by atoms with Crippen LogP contribution in [-0.4, -0.2) is 95.9 Å². The van der Waals surface area contributed by atoms with E-state index in [0.29, 0.717) is 31.0 Å². The molecule has 1 aromatic carbocycles. The molecule has 5 rings (SSSR count). The van der Waals surface area contributed by atoms with Crippen molar-refractivity contribution in [3.63, 3.8) is 0 Å². The van der Waals surface area contributed by atoms with Crippen LogP contribution < -0.4 is 10.7 Å². The van der Waals surface area contributed by atoms with E-state index >= 15 is 0 Å². The monoisotopic (exact) mass is 529 g/mol. The Kier molecular flexibility index (Phi) is 8.52. The van der Waals surface area contributed by atoms with E-state index in [1.54, 1.807) is 0 Å². The van der Waals surface area contributed by atoms with Gasteiger partial charge < -0.3 is 20.0 Å². The van der Waals surface area contributed by atoms with Gasteiger partial charge in [0.1, 0.15) is 5.84 Å². The minimum atomic E-state index is -0.329. The molecule has 0 bridgehead atoms. The van der Waals surface area contributed by atoms with Crippen LogP contribution >= 0.6 is 11.6 Å². The molecule has 37 heavy (non-hydrogen) atoms. The average Bonchev–Trinajstić information content (AvgIpc) is 3.34. The fourth-order valence-electron chi connectivity index (χ4n) is 6.13. The molecule has 3 aliphatic heterocycles. The van der Waals surface area contributed by atoms with E-state index in [-0.39, 0.29) is 30.1 Å². The van der Waals surface area contributed by atoms with Gasteiger partial charge in [-0.1, -0.05) is 42.6 Å². The van der Waals surface area contributed by atoms with Gasteiger partial charge in [0.05, 0.1) is 12.5 Å². The van der Waals surface area contributed by atoms with Crippen molar-refractivity contribution in [1.29, 1.82) is 0 Å². The molecule has 3 fully saturated rings. The Morgan fingerprint density at radius 2 is 1.95 bits per heavy atom. The number of hydrogen-bond acceptors (Lipinski definition) is 7. The van der Waals surface area contributed by atoms with Gasteiger partial charge in [-0.3, -0.25) is 19.9 Å². The molecule has 1 aliphatic carbocycles. The van der Waals surface area contributed by atoms with Gasteiger partial charge in [-0.15, -0.1) is 0 Å². The summed E-state index contributed by atoms with van der Waals surface area (Å²) in [6.45, 7) is 6.60. The fourth-order valence-corrected chi connectivity index (χ4v) is 6.32. The van der Waals surface area contributed by atoms with Gasteiger partial charge in [-0.2, -0.15) is 5.10 Å². The number of amidine groups is 1. The number of nitrogens with zero attached hydrogens (tertiary/aromatic N) is 5. The van der Waals surface area contributed by atoms with Gasteiger partial charge >= 0.3 is 0 Å². The van der Waals surface area contributed by atoms with Gasteiger partial charge in [-0.05, 0) is 44.5 Å². The predicted molar refractivity (Wildman–Crippen MR) is 145 cm³/mol. The van der Waals surface area contributed by atoms with Crippen molar-refractivity contribution < 1.29 is 9.59 Å². The maximum absolute atomic E-state index is 13.6. The standard InChI is InChI=1S/C27H40ClN7O2/c1-32-15-17-33(18-16-32)14-6-13-29-25(36)12-11-24-30-31-27-34(19-20-7-2-4-9-22(20)28)26(37)21-8-3-5-10-23(21)35(24)27/h2,4,7,9,21,23,27,31H,3,5-6,8,10-19H2,1H3,(H,29,36). The van der Waals surface area contributed by atoms with Crippen molar-refractivity contribution in [3.8, 4) is 0 Å². The Hall–Kier alpha value is -2.36. The molecule has 3 heterocycles. The number of halogens is 1. The number of nitrogens with one attached hydrogen (secondary N) is 2. The second-order valence-corrected chi connectivity index (χ2v) is 11.2. The van der Waals surface area contributed by atoms with Gasteiger partial charge in [0.15, 0.2) is 6.29 Å². The quantitative estimate of drug-likeness (QED) is 0.478. The molecule has 1 saturated carbocycles. The predicted octanol–water partition coefficient (Wildman–Crippen LogP) is 2.28. The van der Waals surface area contributed by atoms with Crippen molar-refractivity contribution in [2.75, 3.05) is 46.3 Å². The van der Waals surface area contributed by atoms with Crippen molar-refractivity contribution in [2.45, 2.75) is 63.8 Å². The van der Waals surface area contributed by atoms with Crippen LogP contribution in [0.3, 0.4) is 0 Å². The topological polar surface area (TPSA) is 83.5 Å². The minimum Gasteiger partial charge on any atom is -0.356 e. The first-order chi connectivity index (χ1) is 18.0. The molecule has 3 unspecified atom stereocenters. The summed E-state index contributed by atoms with van der Waals surface area (Å²) >= 11 is 6.44. The van der Waals surface area contributed by atoms with E-state index in [4.69, 9.17) is 11.6 Å². The van der Waals surface area contributed by atoms with Crippen LogP contribution in [0.25, 0.3) is 0 Å². The second kappa shape index (κ2) is 12.0.